The second kappa shape index (κ2) is 3.38. The fourth-order valence-corrected chi connectivity index (χ4v) is 1.77. The molecule has 0 aliphatic carbocycles. The van der Waals surface area contributed by atoms with Crippen LogP contribution >= 0.6 is 0 Å². The highest BCUT2D eigenvalue weighted by Crippen LogP contribution is 2.22. The monoisotopic (exact) mass is 211 g/mol. The van der Waals surface area contributed by atoms with Crippen LogP contribution in [0.4, 0.5) is 0 Å². The van der Waals surface area contributed by atoms with Gasteiger partial charge in [-0.05, 0) is 12.1 Å². The Morgan fingerprint density at radius 1 is 0.938 bits per heavy atom. The van der Waals surface area contributed by atoms with Crippen molar-refractivity contribution in [3.05, 3.63) is 65.3 Å². The molecule has 0 bridgehead atoms. The molecule has 0 fully saturated rings. The van der Waals surface area contributed by atoms with Crippen molar-refractivity contribution in [3.8, 4) is 11.3 Å². The van der Waals surface area contributed by atoms with Crippen LogP contribution in [-0.2, 0) is 0 Å². The van der Waals surface area contributed by atoms with Gasteiger partial charge < -0.3 is 4.42 Å². The van der Waals surface area contributed by atoms with E-state index in [9.17, 15) is 4.79 Å². The maximum atomic E-state index is 11.6. The zero-order chi connectivity index (χ0) is 11.0. The Morgan fingerprint density at radius 2 is 1.69 bits per heavy atom. The Balaban J connectivity index is 2.38. The van der Waals surface area contributed by atoms with Crippen LogP contribution in [0, 0.1) is 0 Å². The Kier molecular flexibility index (Phi) is 1.90. The molecule has 0 saturated carbocycles. The van der Waals surface area contributed by atoms with E-state index in [1.807, 2.05) is 42.5 Å². The SMILES string of the molecule is O=c1oc(-c2ccccc2)c2ccccn12. The van der Waals surface area contributed by atoms with Gasteiger partial charge >= 0.3 is 5.76 Å². The molecule has 0 unspecified atom stereocenters. The number of oxazole rings is 1. The van der Waals surface area contributed by atoms with Crippen LogP contribution in [0.15, 0.2) is 63.9 Å². The minimum absolute atomic E-state index is 0.352. The van der Waals surface area contributed by atoms with Gasteiger partial charge in [0, 0.05) is 11.8 Å². The summed E-state index contributed by atoms with van der Waals surface area (Å²) in [7, 11) is 0. The molecule has 2 aromatic heterocycles. The smallest absolute Gasteiger partial charge is 0.407 e. The van der Waals surface area contributed by atoms with Crippen LogP contribution in [0.1, 0.15) is 0 Å². The van der Waals surface area contributed by atoms with Crippen molar-refractivity contribution in [2.24, 2.45) is 0 Å². The molecule has 0 aliphatic rings. The minimum atomic E-state index is -0.352. The molecule has 78 valence electrons. The van der Waals surface area contributed by atoms with Gasteiger partial charge in [-0.1, -0.05) is 36.4 Å². The molecule has 3 rings (SSSR count). The van der Waals surface area contributed by atoms with E-state index < -0.39 is 0 Å². The van der Waals surface area contributed by atoms with Gasteiger partial charge in [-0.25, -0.2) is 9.20 Å². The van der Waals surface area contributed by atoms with Crippen molar-refractivity contribution in [2.45, 2.75) is 0 Å². The van der Waals surface area contributed by atoms with E-state index in [0.29, 0.717) is 5.76 Å². The number of hydrogen-bond donors (Lipinski definition) is 0. The highest BCUT2D eigenvalue weighted by Gasteiger charge is 2.10. The summed E-state index contributed by atoms with van der Waals surface area (Å²) in [5.41, 5.74) is 1.70. The summed E-state index contributed by atoms with van der Waals surface area (Å²) >= 11 is 0. The second-order valence-electron chi connectivity index (χ2n) is 3.52. The van der Waals surface area contributed by atoms with Gasteiger partial charge in [0.2, 0.25) is 0 Å². The average Bonchev–Trinajstić information content (AvgIpc) is 2.69. The van der Waals surface area contributed by atoms with Crippen LogP contribution in [0.2, 0.25) is 0 Å². The van der Waals surface area contributed by atoms with Gasteiger partial charge in [0.15, 0.2) is 5.76 Å². The summed E-state index contributed by atoms with van der Waals surface area (Å²) < 4.78 is 6.76. The van der Waals surface area contributed by atoms with Gasteiger partial charge in [0.1, 0.15) is 0 Å². The second-order valence-corrected chi connectivity index (χ2v) is 3.52. The lowest BCUT2D eigenvalue weighted by atomic mass is 10.1. The predicted octanol–water partition coefficient (Wildman–Crippen LogP) is 2.56. The zero-order valence-corrected chi connectivity index (χ0v) is 8.46. The first-order chi connectivity index (χ1) is 7.86. The van der Waals surface area contributed by atoms with E-state index >= 15 is 0 Å². The average molecular weight is 211 g/mol. The normalized spacial score (nSPS) is 10.8. The zero-order valence-electron chi connectivity index (χ0n) is 8.46. The molecule has 1 aromatic carbocycles. The highest BCUT2D eigenvalue weighted by atomic mass is 16.4. The van der Waals surface area contributed by atoms with Crippen LogP contribution in [-0.4, -0.2) is 4.40 Å². The van der Waals surface area contributed by atoms with Crippen molar-refractivity contribution < 1.29 is 4.42 Å². The van der Waals surface area contributed by atoms with E-state index in [2.05, 4.69) is 0 Å². The number of hydrogen-bond acceptors (Lipinski definition) is 2. The lowest BCUT2D eigenvalue weighted by Crippen LogP contribution is -2.03. The lowest BCUT2D eigenvalue weighted by Gasteiger charge is -1.95. The largest absolute Gasteiger partial charge is 0.424 e. The molecule has 0 saturated heterocycles. The first-order valence-corrected chi connectivity index (χ1v) is 5.02. The summed E-state index contributed by atoms with van der Waals surface area (Å²) in [4.78, 5) is 11.6. The third-order valence-electron chi connectivity index (χ3n) is 2.51. The van der Waals surface area contributed by atoms with Crippen molar-refractivity contribution in [1.29, 1.82) is 0 Å². The Labute approximate surface area is 91.6 Å². The van der Waals surface area contributed by atoms with Gasteiger partial charge in [-0.3, -0.25) is 0 Å². The van der Waals surface area contributed by atoms with Crippen LogP contribution in [0.25, 0.3) is 16.8 Å². The summed E-state index contributed by atoms with van der Waals surface area (Å²) in [5.74, 6) is 0.264. The van der Waals surface area contributed by atoms with E-state index in [1.165, 1.54) is 4.40 Å². The Bertz CT molecular complexity index is 680. The fourth-order valence-electron chi connectivity index (χ4n) is 1.77. The van der Waals surface area contributed by atoms with Gasteiger partial charge in [-0.15, -0.1) is 0 Å². The third-order valence-corrected chi connectivity index (χ3v) is 2.51. The van der Waals surface area contributed by atoms with Crippen LogP contribution in [0.5, 0.6) is 0 Å². The number of nitrogens with zero attached hydrogens (tertiary/aromatic N) is 1. The Morgan fingerprint density at radius 3 is 2.50 bits per heavy atom. The predicted molar refractivity (Wildman–Crippen MR) is 61.4 cm³/mol. The maximum Gasteiger partial charge on any atom is 0.424 e. The molecule has 3 heteroatoms. The topological polar surface area (TPSA) is 34.6 Å². The minimum Gasteiger partial charge on any atom is -0.407 e. The van der Waals surface area contributed by atoms with E-state index in [-0.39, 0.29) is 5.76 Å². The molecule has 0 aliphatic heterocycles. The number of aromatic nitrogens is 1. The van der Waals surface area contributed by atoms with Gasteiger partial charge in [0.05, 0.1) is 5.52 Å². The van der Waals surface area contributed by atoms with E-state index in [1.54, 1.807) is 12.3 Å². The number of fused-ring (bicyclic) bond motifs is 1. The molecule has 0 atom stereocenters. The number of pyridine rings is 1. The quantitative estimate of drug-likeness (QED) is 0.620. The van der Waals surface area contributed by atoms with Crippen LogP contribution < -0.4 is 5.76 Å². The van der Waals surface area contributed by atoms with E-state index in [4.69, 9.17) is 4.42 Å². The van der Waals surface area contributed by atoms with E-state index in [0.717, 1.165) is 11.1 Å². The lowest BCUT2D eigenvalue weighted by molar-refractivity contribution is 0.520. The first kappa shape index (κ1) is 8.97. The molecule has 0 spiro atoms. The molecular formula is C13H9NO2. The molecule has 0 N–H and O–H groups in total. The van der Waals surface area contributed by atoms with Crippen molar-refractivity contribution in [2.75, 3.05) is 0 Å². The summed E-state index contributed by atoms with van der Waals surface area (Å²) in [6, 6.07) is 15.2. The number of rotatable bonds is 1. The van der Waals surface area contributed by atoms with Crippen molar-refractivity contribution in [1.82, 2.24) is 4.40 Å². The summed E-state index contributed by atoms with van der Waals surface area (Å²) in [5, 5.41) is 0. The molecule has 3 nitrogen and oxygen atoms in total. The maximum absolute atomic E-state index is 11.6. The van der Waals surface area contributed by atoms with Gasteiger partial charge in [-0.2, -0.15) is 0 Å². The molecule has 2 heterocycles. The number of benzene rings is 1. The molecular weight excluding hydrogens is 202 g/mol. The standard InChI is InChI=1S/C13H9NO2/c15-13-14-9-5-4-8-11(14)12(16-13)10-6-2-1-3-7-10/h1-9H. The first-order valence-electron chi connectivity index (χ1n) is 5.02. The van der Waals surface area contributed by atoms with Crippen molar-refractivity contribution >= 4 is 5.52 Å². The van der Waals surface area contributed by atoms with Crippen molar-refractivity contribution in [3.63, 3.8) is 0 Å². The highest BCUT2D eigenvalue weighted by molar-refractivity contribution is 5.74. The van der Waals surface area contributed by atoms with Gasteiger partial charge in [0.25, 0.3) is 0 Å². The molecule has 16 heavy (non-hydrogen) atoms. The fraction of sp³-hybridized carbons (Fsp3) is 0. The molecule has 0 radical (unpaired) electrons. The summed E-state index contributed by atoms with van der Waals surface area (Å²) in [6.45, 7) is 0. The molecule has 0 amide bonds. The Hall–Kier alpha value is -2.29. The third kappa shape index (κ3) is 1.26. The molecule has 3 aromatic rings. The summed E-state index contributed by atoms with van der Waals surface area (Å²) in [6.07, 6.45) is 1.70. The van der Waals surface area contributed by atoms with Crippen LogP contribution in [0.3, 0.4) is 0 Å².